The molecule has 0 heterocycles. The molecule has 21 heavy (non-hydrogen) atoms. The molecule has 0 aliphatic carbocycles. The maximum atomic E-state index is 11.2. The first-order chi connectivity index (χ1) is 9.45. The van der Waals surface area contributed by atoms with Crippen molar-refractivity contribution in [3.05, 3.63) is 0 Å². The SMILES string of the molecule is CCNC(=NCCCNS(=O)(=O)CC)NC(C)COC.I. The average Bonchev–Trinajstić information content (AvgIpc) is 2.38. The van der Waals surface area contributed by atoms with Crippen molar-refractivity contribution >= 4 is 40.0 Å². The number of aliphatic imine (C=N–C) groups is 1. The van der Waals surface area contributed by atoms with E-state index in [1.165, 1.54) is 0 Å². The molecule has 0 aromatic rings. The Hall–Kier alpha value is -0.130. The second-order valence-electron chi connectivity index (χ2n) is 4.41. The van der Waals surface area contributed by atoms with Gasteiger partial charge in [0.25, 0.3) is 0 Å². The van der Waals surface area contributed by atoms with Crippen LogP contribution in [0.25, 0.3) is 0 Å². The van der Waals surface area contributed by atoms with E-state index < -0.39 is 10.0 Å². The van der Waals surface area contributed by atoms with Crippen LogP contribution in [-0.2, 0) is 14.8 Å². The Morgan fingerprint density at radius 2 is 2.00 bits per heavy atom. The lowest BCUT2D eigenvalue weighted by atomic mass is 10.4. The molecule has 7 nitrogen and oxygen atoms in total. The predicted octanol–water partition coefficient (Wildman–Crippen LogP) is 0.524. The summed E-state index contributed by atoms with van der Waals surface area (Å²) >= 11 is 0. The third-order valence-corrected chi connectivity index (χ3v) is 3.85. The summed E-state index contributed by atoms with van der Waals surface area (Å²) in [5.74, 6) is 0.824. The van der Waals surface area contributed by atoms with Gasteiger partial charge in [0, 0.05) is 32.8 Å². The zero-order valence-corrected chi connectivity index (χ0v) is 16.5. The minimum atomic E-state index is -3.10. The largest absolute Gasteiger partial charge is 0.383 e. The molecule has 0 spiro atoms. The highest BCUT2D eigenvalue weighted by molar-refractivity contribution is 14.0. The van der Waals surface area contributed by atoms with Crippen LogP contribution in [0, 0.1) is 0 Å². The van der Waals surface area contributed by atoms with E-state index in [0.717, 1.165) is 12.5 Å². The molecule has 0 fully saturated rings. The van der Waals surface area contributed by atoms with Crippen LogP contribution in [0.2, 0.25) is 0 Å². The van der Waals surface area contributed by atoms with E-state index in [1.807, 2.05) is 13.8 Å². The summed E-state index contributed by atoms with van der Waals surface area (Å²) in [5.41, 5.74) is 0. The van der Waals surface area contributed by atoms with Crippen molar-refractivity contribution in [1.29, 1.82) is 0 Å². The first-order valence-corrected chi connectivity index (χ1v) is 8.61. The van der Waals surface area contributed by atoms with Gasteiger partial charge in [-0.2, -0.15) is 0 Å². The Balaban J connectivity index is 0. The van der Waals surface area contributed by atoms with E-state index in [-0.39, 0.29) is 35.8 Å². The van der Waals surface area contributed by atoms with Crippen LogP contribution in [0.5, 0.6) is 0 Å². The second kappa shape index (κ2) is 13.5. The molecule has 0 aromatic heterocycles. The lowest BCUT2D eigenvalue weighted by Crippen LogP contribution is -2.44. The molecule has 0 saturated heterocycles. The maximum Gasteiger partial charge on any atom is 0.211 e. The van der Waals surface area contributed by atoms with Crippen molar-refractivity contribution in [2.45, 2.75) is 33.2 Å². The van der Waals surface area contributed by atoms with Crippen LogP contribution in [0.3, 0.4) is 0 Å². The predicted molar refractivity (Wildman–Crippen MR) is 97.9 cm³/mol. The summed E-state index contributed by atoms with van der Waals surface area (Å²) in [7, 11) is -1.45. The molecule has 3 N–H and O–H groups in total. The molecule has 9 heteroatoms. The number of hydrogen-bond acceptors (Lipinski definition) is 4. The van der Waals surface area contributed by atoms with Crippen molar-refractivity contribution in [2.24, 2.45) is 4.99 Å². The van der Waals surface area contributed by atoms with Crippen molar-refractivity contribution in [3.8, 4) is 0 Å². The number of sulfonamides is 1. The quantitative estimate of drug-likeness (QED) is 0.201. The topological polar surface area (TPSA) is 91.8 Å². The van der Waals surface area contributed by atoms with Gasteiger partial charge in [0.05, 0.1) is 12.4 Å². The molecule has 0 aromatic carbocycles. The number of halogens is 1. The first-order valence-electron chi connectivity index (χ1n) is 6.96. The molecule has 128 valence electrons. The lowest BCUT2D eigenvalue weighted by molar-refractivity contribution is 0.179. The number of nitrogens with zero attached hydrogens (tertiary/aromatic N) is 1. The highest BCUT2D eigenvalue weighted by atomic mass is 127. The van der Waals surface area contributed by atoms with Gasteiger partial charge in [0.1, 0.15) is 0 Å². The average molecular weight is 436 g/mol. The Morgan fingerprint density at radius 1 is 1.33 bits per heavy atom. The van der Waals surface area contributed by atoms with Crippen molar-refractivity contribution in [2.75, 3.05) is 39.1 Å². The normalized spacial score (nSPS) is 13.4. The fourth-order valence-electron chi connectivity index (χ4n) is 1.44. The molecule has 1 atom stereocenters. The maximum absolute atomic E-state index is 11.2. The van der Waals surface area contributed by atoms with Gasteiger partial charge < -0.3 is 15.4 Å². The standard InChI is InChI=1S/C12H28N4O3S.HI/c1-5-13-12(16-11(3)10-19-4)14-8-7-9-15-20(17,18)6-2;/h11,15H,5-10H2,1-4H3,(H2,13,14,16);1H. The van der Waals surface area contributed by atoms with Gasteiger partial charge in [-0.15, -0.1) is 24.0 Å². The monoisotopic (exact) mass is 436 g/mol. The van der Waals surface area contributed by atoms with Gasteiger partial charge in [0.15, 0.2) is 5.96 Å². The molecule has 0 rings (SSSR count). The van der Waals surface area contributed by atoms with Gasteiger partial charge >= 0.3 is 0 Å². The van der Waals surface area contributed by atoms with E-state index >= 15 is 0 Å². The molecule has 0 saturated carbocycles. The van der Waals surface area contributed by atoms with Crippen LogP contribution < -0.4 is 15.4 Å². The molecule has 0 aliphatic heterocycles. The molecule has 0 bridgehead atoms. The Labute approximate surface area is 145 Å². The number of hydrogen-bond donors (Lipinski definition) is 3. The second-order valence-corrected chi connectivity index (χ2v) is 6.51. The third kappa shape index (κ3) is 13.3. The van der Waals surface area contributed by atoms with Crippen molar-refractivity contribution in [1.82, 2.24) is 15.4 Å². The molecule has 0 aliphatic rings. The highest BCUT2D eigenvalue weighted by Crippen LogP contribution is 1.87. The van der Waals surface area contributed by atoms with Crippen LogP contribution in [-0.4, -0.2) is 59.5 Å². The number of methoxy groups -OCH3 is 1. The fourth-order valence-corrected chi connectivity index (χ4v) is 2.10. The molecule has 0 amide bonds. The third-order valence-electron chi connectivity index (χ3n) is 2.45. The number of rotatable bonds is 10. The fraction of sp³-hybridized carbons (Fsp3) is 0.917. The van der Waals surface area contributed by atoms with Gasteiger partial charge in [-0.3, -0.25) is 4.99 Å². The summed E-state index contributed by atoms with van der Waals surface area (Å²) < 4.78 is 30.0. The number of nitrogens with one attached hydrogen (secondary N) is 3. The van der Waals surface area contributed by atoms with Crippen LogP contribution in [0.4, 0.5) is 0 Å². The summed E-state index contributed by atoms with van der Waals surface area (Å²) in [6.45, 7) is 7.95. The molecule has 0 radical (unpaired) electrons. The minimum absolute atomic E-state index is 0. The summed E-state index contributed by atoms with van der Waals surface area (Å²) in [6, 6.07) is 0.163. The zero-order chi connectivity index (χ0) is 15.4. The summed E-state index contributed by atoms with van der Waals surface area (Å²) in [4.78, 5) is 4.39. The summed E-state index contributed by atoms with van der Waals surface area (Å²) in [6.07, 6.45) is 0.661. The lowest BCUT2D eigenvalue weighted by Gasteiger charge is -2.16. The molecular formula is C12H29IN4O3S. The minimum Gasteiger partial charge on any atom is -0.383 e. The Bertz CT molecular complexity index is 377. The van der Waals surface area contributed by atoms with E-state index in [9.17, 15) is 8.42 Å². The summed E-state index contributed by atoms with van der Waals surface area (Å²) in [5, 5.41) is 6.35. The van der Waals surface area contributed by atoms with E-state index in [0.29, 0.717) is 26.1 Å². The zero-order valence-electron chi connectivity index (χ0n) is 13.3. The van der Waals surface area contributed by atoms with Gasteiger partial charge in [-0.05, 0) is 27.2 Å². The van der Waals surface area contributed by atoms with Crippen molar-refractivity contribution < 1.29 is 13.2 Å². The highest BCUT2D eigenvalue weighted by Gasteiger charge is 2.05. The van der Waals surface area contributed by atoms with E-state index in [1.54, 1.807) is 14.0 Å². The van der Waals surface area contributed by atoms with Gasteiger partial charge in [-0.1, -0.05) is 0 Å². The smallest absolute Gasteiger partial charge is 0.211 e. The van der Waals surface area contributed by atoms with E-state index in [2.05, 4.69) is 20.3 Å². The first kappa shape index (κ1) is 23.1. The molecular weight excluding hydrogens is 407 g/mol. The number of ether oxygens (including phenoxy) is 1. The molecule has 1 unspecified atom stereocenters. The van der Waals surface area contributed by atoms with Gasteiger partial charge in [0.2, 0.25) is 10.0 Å². The van der Waals surface area contributed by atoms with Crippen LogP contribution >= 0.6 is 24.0 Å². The van der Waals surface area contributed by atoms with Crippen LogP contribution in [0.1, 0.15) is 27.2 Å². The van der Waals surface area contributed by atoms with Crippen LogP contribution in [0.15, 0.2) is 4.99 Å². The Kier molecular flexibility index (Phi) is 14.9. The van der Waals surface area contributed by atoms with E-state index in [4.69, 9.17) is 4.74 Å². The Morgan fingerprint density at radius 3 is 2.52 bits per heavy atom. The van der Waals surface area contributed by atoms with Gasteiger partial charge in [-0.25, -0.2) is 13.1 Å². The number of guanidine groups is 1. The van der Waals surface area contributed by atoms with Crippen molar-refractivity contribution in [3.63, 3.8) is 0 Å².